The molecular formula is C47H79NO8. The molecule has 0 bridgehead atoms. The summed E-state index contributed by atoms with van der Waals surface area (Å²) in [6.45, 7) is 3.57. The molecule has 1 saturated heterocycles. The highest BCUT2D eigenvalue weighted by Gasteiger charge is 2.44. The van der Waals surface area contributed by atoms with Crippen molar-refractivity contribution in [3.8, 4) is 0 Å². The van der Waals surface area contributed by atoms with Crippen LogP contribution in [0.4, 0.5) is 0 Å². The van der Waals surface area contributed by atoms with E-state index in [4.69, 9.17) is 9.47 Å². The molecule has 0 spiro atoms. The third-order valence-corrected chi connectivity index (χ3v) is 9.73. The van der Waals surface area contributed by atoms with E-state index in [1.165, 1.54) is 25.7 Å². The number of carbonyl (C=O) groups is 1. The SMILES string of the molecule is CC/C=C\C/C=C\C/C=C\C/C=C\C/C=C\C/C=C\CCCCCCCCC(=O)NC(COC1OC(CO)C(O)C(O)C1O)C(O)/C=C/CCCCCCCC. The van der Waals surface area contributed by atoms with Crippen molar-refractivity contribution in [2.24, 2.45) is 0 Å². The van der Waals surface area contributed by atoms with Gasteiger partial charge in [0.1, 0.15) is 24.4 Å². The summed E-state index contributed by atoms with van der Waals surface area (Å²) in [4.78, 5) is 12.9. The smallest absolute Gasteiger partial charge is 0.220 e. The molecule has 9 heteroatoms. The van der Waals surface area contributed by atoms with Crippen LogP contribution in [0.5, 0.6) is 0 Å². The van der Waals surface area contributed by atoms with Gasteiger partial charge in [0, 0.05) is 6.42 Å². The third-order valence-electron chi connectivity index (χ3n) is 9.73. The standard InChI is InChI=1S/C47H79NO8/c1-3-5-7-9-11-13-14-15-16-17-18-19-20-21-22-23-24-25-26-27-28-29-31-33-35-37-43(51)48-40(41(50)36-34-32-30-12-10-8-6-4-2)39-55-47-46(54)45(53)44(52)42(38-49)56-47/h5,7,11,13,15-16,18-19,21-22,24-25,34,36,40-42,44-47,49-50,52-54H,3-4,6,8-10,12,14,17,20,23,26-33,35,37-39H2,1-2H3,(H,48,51)/b7-5-,13-11-,16-15-,19-18-,22-21-,25-24-,36-34+. The maximum atomic E-state index is 12.9. The molecule has 1 rings (SSSR count). The van der Waals surface area contributed by atoms with E-state index in [1.807, 2.05) is 6.08 Å². The van der Waals surface area contributed by atoms with E-state index in [0.29, 0.717) is 6.42 Å². The van der Waals surface area contributed by atoms with Crippen molar-refractivity contribution in [3.05, 3.63) is 85.1 Å². The second-order valence-corrected chi connectivity index (χ2v) is 14.8. The molecule has 1 fully saturated rings. The molecule has 1 aliphatic rings. The number of aliphatic hydroxyl groups is 5. The van der Waals surface area contributed by atoms with Crippen LogP contribution < -0.4 is 5.32 Å². The first-order valence-electron chi connectivity index (χ1n) is 21.8. The van der Waals surface area contributed by atoms with E-state index in [1.54, 1.807) is 6.08 Å². The maximum absolute atomic E-state index is 12.9. The zero-order valence-electron chi connectivity index (χ0n) is 34.8. The van der Waals surface area contributed by atoms with Gasteiger partial charge in [-0.1, -0.05) is 157 Å². The van der Waals surface area contributed by atoms with Crippen LogP contribution in [0.1, 0.15) is 149 Å². The van der Waals surface area contributed by atoms with Crippen molar-refractivity contribution in [2.45, 2.75) is 192 Å². The second-order valence-electron chi connectivity index (χ2n) is 14.8. The number of rotatable bonds is 34. The van der Waals surface area contributed by atoms with Gasteiger partial charge in [-0.25, -0.2) is 0 Å². The van der Waals surface area contributed by atoms with Crippen LogP contribution in [0.3, 0.4) is 0 Å². The summed E-state index contributed by atoms with van der Waals surface area (Å²) in [6, 6.07) is -0.815. The monoisotopic (exact) mass is 786 g/mol. The minimum Gasteiger partial charge on any atom is -0.394 e. The maximum Gasteiger partial charge on any atom is 0.220 e. The zero-order chi connectivity index (χ0) is 40.9. The average Bonchev–Trinajstić information content (AvgIpc) is 3.20. The Balaban J connectivity index is 2.29. The van der Waals surface area contributed by atoms with Crippen molar-refractivity contribution in [2.75, 3.05) is 13.2 Å². The summed E-state index contributed by atoms with van der Waals surface area (Å²) in [7, 11) is 0. The highest BCUT2D eigenvalue weighted by Crippen LogP contribution is 2.22. The lowest BCUT2D eigenvalue weighted by Crippen LogP contribution is -2.60. The normalized spacial score (nSPS) is 22.0. The molecule has 56 heavy (non-hydrogen) atoms. The van der Waals surface area contributed by atoms with Crippen LogP contribution in [0.25, 0.3) is 0 Å². The minimum absolute atomic E-state index is 0.201. The number of aliphatic hydroxyl groups excluding tert-OH is 5. The van der Waals surface area contributed by atoms with Gasteiger partial charge >= 0.3 is 0 Å². The second kappa shape index (κ2) is 36.7. The largest absolute Gasteiger partial charge is 0.394 e. The number of hydrogen-bond acceptors (Lipinski definition) is 8. The Morgan fingerprint density at radius 2 is 1.11 bits per heavy atom. The van der Waals surface area contributed by atoms with Crippen molar-refractivity contribution in [1.29, 1.82) is 0 Å². The van der Waals surface area contributed by atoms with Gasteiger partial charge in [0.25, 0.3) is 0 Å². The highest BCUT2D eigenvalue weighted by atomic mass is 16.7. The Kier molecular flexibility index (Phi) is 33.7. The van der Waals surface area contributed by atoms with Crippen LogP contribution in [-0.2, 0) is 14.3 Å². The Morgan fingerprint density at radius 1 is 0.625 bits per heavy atom. The van der Waals surface area contributed by atoms with Gasteiger partial charge < -0.3 is 40.3 Å². The Labute approximate surface area is 340 Å². The number of ether oxygens (including phenoxy) is 2. The summed E-state index contributed by atoms with van der Waals surface area (Å²) in [5.74, 6) is -0.201. The first kappa shape index (κ1) is 51.4. The molecule has 0 saturated carbocycles. The summed E-state index contributed by atoms with van der Waals surface area (Å²) in [5.41, 5.74) is 0. The summed E-state index contributed by atoms with van der Waals surface area (Å²) >= 11 is 0. The Morgan fingerprint density at radius 3 is 1.64 bits per heavy atom. The van der Waals surface area contributed by atoms with Gasteiger partial charge in [-0.15, -0.1) is 0 Å². The molecule has 0 radical (unpaired) electrons. The molecule has 320 valence electrons. The fourth-order valence-corrected chi connectivity index (χ4v) is 6.21. The third kappa shape index (κ3) is 27.1. The summed E-state index contributed by atoms with van der Waals surface area (Å²) < 4.78 is 11.1. The Bertz CT molecular complexity index is 1140. The van der Waals surface area contributed by atoms with Crippen LogP contribution in [0, 0.1) is 0 Å². The molecule has 0 aliphatic carbocycles. The van der Waals surface area contributed by atoms with E-state index >= 15 is 0 Å². The topological polar surface area (TPSA) is 149 Å². The number of hydrogen-bond donors (Lipinski definition) is 6. The fraction of sp³-hybridized carbons (Fsp3) is 0.681. The van der Waals surface area contributed by atoms with Crippen molar-refractivity contribution >= 4 is 5.91 Å². The van der Waals surface area contributed by atoms with Crippen LogP contribution in [-0.4, -0.2) is 87.5 Å². The molecule has 6 N–H and O–H groups in total. The van der Waals surface area contributed by atoms with Crippen LogP contribution in [0.15, 0.2) is 85.1 Å². The average molecular weight is 786 g/mol. The predicted octanol–water partition coefficient (Wildman–Crippen LogP) is 8.77. The molecule has 1 heterocycles. The van der Waals surface area contributed by atoms with E-state index in [-0.39, 0.29) is 12.5 Å². The van der Waals surface area contributed by atoms with Crippen molar-refractivity contribution < 1.29 is 39.8 Å². The van der Waals surface area contributed by atoms with Gasteiger partial charge in [0.05, 0.1) is 25.4 Å². The molecule has 0 aromatic heterocycles. The molecule has 1 amide bonds. The van der Waals surface area contributed by atoms with Gasteiger partial charge in [-0.2, -0.15) is 0 Å². The fourth-order valence-electron chi connectivity index (χ4n) is 6.21. The van der Waals surface area contributed by atoms with Gasteiger partial charge in [-0.3, -0.25) is 4.79 Å². The molecule has 0 aromatic rings. The molecule has 7 unspecified atom stereocenters. The van der Waals surface area contributed by atoms with Crippen LogP contribution in [0.2, 0.25) is 0 Å². The number of nitrogens with one attached hydrogen (secondary N) is 1. The number of amides is 1. The molecule has 1 aliphatic heterocycles. The lowest BCUT2D eigenvalue weighted by atomic mass is 9.99. The van der Waals surface area contributed by atoms with Crippen molar-refractivity contribution in [1.82, 2.24) is 5.32 Å². The van der Waals surface area contributed by atoms with Crippen LogP contribution >= 0.6 is 0 Å². The van der Waals surface area contributed by atoms with Crippen molar-refractivity contribution in [3.63, 3.8) is 0 Å². The van der Waals surface area contributed by atoms with Gasteiger partial charge in [0.15, 0.2) is 6.29 Å². The number of unbranched alkanes of at least 4 members (excludes halogenated alkanes) is 12. The predicted molar refractivity (Wildman–Crippen MR) is 230 cm³/mol. The van der Waals surface area contributed by atoms with Gasteiger partial charge in [0.2, 0.25) is 5.91 Å². The highest BCUT2D eigenvalue weighted by molar-refractivity contribution is 5.76. The molecule has 7 atom stereocenters. The first-order valence-corrected chi connectivity index (χ1v) is 21.8. The summed E-state index contributed by atoms with van der Waals surface area (Å²) in [5, 5.41) is 53.9. The molecular weight excluding hydrogens is 707 g/mol. The quantitative estimate of drug-likeness (QED) is 0.0280. The summed E-state index contributed by atoms with van der Waals surface area (Å²) in [6.07, 6.45) is 43.5. The zero-order valence-corrected chi connectivity index (χ0v) is 34.8. The number of carbonyl (C=O) groups excluding carboxylic acids is 1. The van der Waals surface area contributed by atoms with E-state index in [9.17, 15) is 30.3 Å². The molecule has 0 aromatic carbocycles. The lowest BCUT2D eigenvalue weighted by molar-refractivity contribution is -0.302. The Hall–Kier alpha value is -2.63. The lowest BCUT2D eigenvalue weighted by Gasteiger charge is -2.40. The minimum atomic E-state index is -1.57. The van der Waals surface area contributed by atoms with E-state index < -0.39 is 49.5 Å². The van der Waals surface area contributed by atoms with E-state index in [2.05, 4.69) is 92.1 Å². The van der Waals surface area contributed by atoms with E-state index in [0.717, 1.165) is 103 Å². The van der Waals surface area contributed by atoms with Gasteiger partial charge in [-0.05, 0) is 70.6 Å². The first-order chi connectivity index (χ1) is 27.3. The number of allylic oxidation sites excluding steroid dienone is 13. The molecule has 9 nitrogen and oxygen atoms in total.